The topological polar surface area (TPSA) is 106 Å². The van der Waals surface area contributed by atoms with Crippen LogP contribution in [0.2, 0.25) is 0 Å². The zero-order valence-electron chi connectivity index (χ0n) is 16.8. The number of primary amides is 1. The van der Waals surface area contributed by atoms with Crippen LogP contribution in [0.4, 0.5) is 11.4 Å². The molecule has 3 N–H and O–H groups in total. The van der Waals surface area contributed by atoms with Crippen LogP contribution in [0.3, 0.4) is 0 Å². The predicted molar refractivity (Wildman–Crippen MR) is 115 cm³/mol. The number of benzene rings is 2. The Hall–Kier alpha value is -3.68. The van der Waals surface area contributed by atoms with E-state index in [1.54, 1.807) is 47.6 Å². The van der Waals surface area contributed by atoms with Crippen molar-refractivity contribution in [2.45, 2.75) is 32.2 Å². The fourth-order valence-electron chi connectivity index (χ4n) is 3.83. The zero-order chi connectivity index (χ0) is 21.1. The lowest BCUT2D eigenvalue weighted by Gasteiger charge is -2.36. The second-order valence-electron chi connectivity index (χ2n) is 7.51. The molecule has 4 rings (SSSR count). The molecule has 3 aromatic rings. The molecule has 2 amide bonds. The molecule has 0 aliphatic carbocycles. The van der Waals surface area contributed by atoms with Gasteiger partial charge in [-0.05, 0) is 62.6 Å². The highest BCUT2D eigenvalue weighted by atomic mass is 16.2. The van der Waals surface area contributed by atoms with Gasteiger partial charge < -0.3 is 16.0 Å². The molecule has 0 spiro atoms. The first-order valence-electron chi connectivity index (χ1n) is 10.00. The fourth-order valence-corrected chi connectivity index (χ4v) is 3.83. The summed E-state index contributed by atoms with van der Waals surface area (Å²) in [4.78, 5) is 27.0. The lowest BCUT2D eigenvalue weighted by Crippen LogP contribution is -2.38. The normalized spacial score (nSPS) is 16.3. The minimum absolute atomic E-state index is 0.266. The molecule has 154 valence electrons. The molecule has 0 saturated carbocycles. The summed E-state index contributed by atoms with van der Waals surface area (Å²) in [5.74, 6) is -0.796. The summed E-state index contributed by atoms with van der Waals surface area (Å²) in [6, 6.07) is 12.8. The van der Waals surface area contributed by atoms with E-state index in [9.17, 15) is 9.59 Å². The smallest absolute Gasteiger partial charge is 0.255 e. The van der Waals surface area contributed by atoms with Crippen LogP contribution >= 0.6 is 0 Å². The Bertz CT molecular complexity index is 1060. The average molecular weight is 404 g/mol. The van der Waals surface area contributed by atoms with Crippen molar-refractivity contribution >= 4 is 23.2 Å². The van der Waals surface area contributed by atoms with E-state index in [1.165, 1.54) is 6.42 Å². The Kier molecular flexibility index (Phi) is 5.47. The van der Waals surface area contributed by atoms with E-state index in [0.29, 0.717) is 22.9 Å². The van der Waals surface area contributed by atoms with Gasteiger partial charge in [0, 0.05) is 29.4 Å². The molecule has 30 heavy (non-hydrogen) atoms. The van der Waals surface area contributed by atoms with Crippen molar-refractivity contribution in [1.29, 1.82) is 0 Å². The summed E-state index contributed by atoms with van der Waals surface area (Å²) in [6.07, 6.45) is 6.52. The molecule has 1 atom stereocenters. The van der Waals surface area contributed by atoms with Gasteiger partial charge in [-0.3, -0.25) is 14.2 Å². The molecule has 1 aliphatic rings. The van der Waals surface area contributed by atoms with Crippen LogP contribution in [-0.2, 0) is 0 Å². The Balaban J connectivity index is 1.66. The Morgan fingerprint density at radius 1 is 1.07 bits per heavy atom. The molecule has 1 fully saturated rings. The third-order valence-electron chi connectivity index (χ3n) is 5.47. The van der Waals surface area contributed by atoms with E-state index in [4.69, 9.17) is 5.73 Å². The van der Waals surface area contributed by atoms with E-state index in [1.807, 2.05) is 12.1 Å². The Labute approximate surface area is 174 Å². The quantitative estimate of drug-likeness (QED) is 0.680. The molecule has 2 heterocycles. The standard InChI is InChI=1S/C22H24N6O2/c1-15-5-2-3-10-28(15)20-9-8-16(21(23)29)12-19(20)26-22(30)17-6-4-7-18(11-17)27-13-24-25-14-27/h4,6-9,11-15H,2-3,5,10H2,1H3,(H2,23,29)(H,26,30)/t15-/m1/s1. The number of hydrogen-bond acceptors (Lipinski definition) is 5. The molecule has 8 heteroatoms. The maximum Gasteiger partial charge on any atom is 0.255 e. The number of nitrogens with one attached hydrogen (secondary N) is 1. The molecule has 0 unspecified atom stereocenters. The lowest BCUT2D eigenvalue weighted by atomic mass is 10.0. The number of carbonyl (C=O) groups is 2. The number of hydrogen-bond donors (Lipinski definition) is 2. The van der Waals surface area contributed by atoms with Gasteiger partial charge in [0.15, 0.2) is 0 Å². The van der Waals surface area contributed by atoms with Crippen molar-refractivity contribution in [3.05, 3.63) is 66.2 Å². The van der Waals surface area contributed by atoms with Gasteiger partial charge in [0.25, 0.3) is 5.91 Å². The summed E-state index contributed by atoms with van der Waals surface area (Å²) in [5, 5.41) is 10.6. The molecule has 1 aromatic heterocycles. The number of anilines is 2. The van der Waals surface area contributed by atoms with E-state index < -0.39 is 5.91 Å². The number of piperidine rings is 1. The monoisotopic (exact) mass is 404 g/mol. The minimum atomic E-state index is -0.529. The van der Waals surface area contributed by atoms with Gasteiger partial charge in [-0.2, -0.15) is 0 Å². The summed E-state index contributed by atoms with van der Waals surface area (Å²) < 4.78 is 1.73. The maximum atomic E-state index is 13.0. The molecule has 1 saturated heterocycles. The van der Waals surface area contributed by atoms with E-state index >= 15 is 0 Å². The van der Waals surface area contributed by atoms with Crippen molar-refractivity contribution in [3.8, 4) is 5.69 Å². The summed E-state index contributed by atoms with van der Waals surface area (Å²) >= 11 is 0. The third kappa shape index (κ3) is 4.03. The number of carbonyl (C=O) groups excluding carboxylic acids is 2. The third-order valence-corrected chi connectivity index (χ3v) is 5.47. The zero-order valence-corrected chi connectivity index (χ0v) is 16.8. The Morgan fingerprint density at radius 2 is 1.87 bits per heavy atom. The van der Waals surface area contributed by atoms with Crippen LogP contribution in [0, 0.1) is 0 Å². The Morgan fingerprint density at radius 3 is 2.60 bits per heavy atom. The van der Waals surface area contributed by atoms with E-state index in [-0.39, 0.29) is 5.91 Å². The van der Waals surface area contributed by atoms with Crippen LogP contribution < -0.4 is 16.0 Å². The largest absolute Gasteiger partial charge is 0.367 e. The molecule has 2 aromatic carbocycles. The SMILES string of the molecule is C[C@@H]1CCCCN1c1ccc(C(N)=O)cc1NC(=O)c1cccc(-n2cnnc2)c1. The van der Waals surface area contributed by atoms with Gasteiger partial charge in [-0.15, -0.1) is 10.2 Å². The van der Waals surface area contributed by atoms with Crippen LogP contribution in [0.5, 0.6) is 0 Å². The highest BCUT2D eigenvalue weighted by Gasteiger charge is 2.22. The number of nitrogens with zero attached hydrogens (tertiary/aromatic N) is 4. The van der Waals surface area contributed by atoms with Gasteiger partial charge in [-0.25, -0.2) is 0 Å². The second kappa shape index (κ2) is 8.36. The molecule has 0 radical (unpaired) electrons. The van der Waals surface area contributed by atoms with E-state index in [0.717, 1.165) is 30.8 Å². The van der Waals surface area contributed by atoms with Crippen LogP contribution in [0.25, 0.3) is 5.69 Å². The molecular formula is C22H24N6O2. The van der Waals surface area contributed by atoms with Crippen LogP contribution in [-0.4, -0.2) is 39.2 Å². The van der Waals surface area contributed by atoms with Gasteiger partial charge in [0.05, 0.1) is 11.4 Å². The van der Waals surface area contributed by atoms with Crippen molar-refractivity contribution in [1.82, 2.24) is 14.8 Å². The fraction of sp³-hybridized carbons (Fsp3) is 0.273. The van der Waals surface area contributed by atoms with Gasteiger partial charge in [0.2, 0.25) is 5.91 Å². The molecule has 1 aliphatic heterocycles. The second-order valence-corrected chi connectivity index (χ2v) is 7.51. The number of rotatable bonds is 5. The van der Waals surface area contributed by atoms with Crippen molar-refractivity contribution in [3.63, 3.8) is 0 Å². The maximum absolute atomic E-state index is 13.0. The van der Waals surface area contributed by atoms with Gasteiger partial charge in [0.1, 0.15) is 12.7 Å². The van der Waals surface area contributed by atoms with Crippen molar-refractivity contribution in [2.75, 3.05) is 16.8 Å². The first kappa shape index (κ1) is 19.6. The summed E-state index contributed by atoms with van der Waals surface area (Å²) in [5.41, 5.74) is 8.58. The first-order valence-corrected chi connectivity index (χ1v) is 10.00. The van der Waals surface area contributed by atoms with Crippen molar-refractivity contribution in [2.24, 2.45) is 5.73 Å². The number of nitrogens with two attached hydrogens (primary N) is 1. The molecule has 8 nitrogen and oxygen atoms in total. The highest BCUT2D eigenvalue weighted by Crippen LogP contribution is 2.32. The van der Waals surface area contributed by atoms with Gasteiger partial charge >= 0.3 is 0 Å². The number of amides is 2. The predicted octanol–water partition coefficient (Wildman–Crippen LogP) is 3.00. The molecular weight excluding hydrogens is 380 g/mol. The van der Waals surface area contributed by atoms with Gasteiger partial charge in [-0.1, -0.05) is 6.07 Å². The van der Waals surface area contributed by atoms with Crippen LogP contribution in [0.1, 0.15) is 46.9 Å². The summed E-state index contributed by atoms with van der Waals surface area (Å²) in [7, 11) is 0. The lowest BCUT2D eigenvalue weighted by molar-refractivity contribution is 0.0996. The highest BCUT2D eigenvalue weighted by molar-refractivity contribution is 6.07. The van der Waals surface area contributed by atoms with E-state index in [2.05, 4.69) is 27.3 Å². The van der Waals surface area contributed by atoms with Crippen molar-refractivity contribution < 1.29 is 9.59 Å². The molecule has 0 bridgehead atoms. The first-order chi connectivity index (χ1) is 14.5. The summed E-state index contributed by atoms with van der Waals surface area (Å²) in [6.45, 7) is 3.08. The number of aromatic nitrogens is 3. The average Bonchev–Trinajstić information content (AvgIpc) is 3.29. The van der Waals surface area contributed by atoms with Crippen LogP contribution in [0.15, 0.2) is 55.1 Å². The minimum Gasteiger partial charge on any atom is -0.367 e.